The Kier molecular flexibility index (Phi) is 5.98. The van der Waals surface area contributed by atoms with Crippen molar-refractivity contribution in [3.63, 3.8) is 0 Å². The molecule has 1 heterocycles. The number of carbonyl (C=O) groups is 2. The molecular formula is C20H22FN3O4. The van der Waals surface area contributed by atoms with Gasteiger partial charge in [-0.15, -0.1) is 0 Å². The summed E-state index contributed by atoms with van der Waals surface area (Å²) in [5.41, 5.74) is 1.08. The van der Waals surface area contributed by atoms with Crippen LogP contribution in [0.2, 0.25) is 0 Å². The maximum absolute atomic E-state index is 13.1. The van der Waals surface area contributed by atoms with Crippen LogP contribution < -0.4 is 25.0 Å². The topological polar surface area (TPSA) is 79.9 Å². The third-order valence-corrected chi connectivity index (χ3v) is 4.56. The largest absolute Gasteiger partial charge is 0.494 e. The molecule has 0 bridgehead atoms. The highest BCUT2D eigenvalue weighted by atomic mass is 19.1. The van der Waals surface area contributed by atoms with Gasteiger partial charge in [-0.05, 0) is 36.4 Å². The number of nitrogens with zero attached hydrogens (tertiary/aromatic N) is 1. The van der Waals surface area contributed by atoms with Gasteiger partial charge in [0.15, 0.2) is 0 Å². The van der Waals surface area contributed by atoms with Crippen LogP contribution >= 0.6 is 0 Å². The molecule has 0 saturated carbocycles. The van der Waals surface area contributed by atoms with Gasteiger partial charge in [-0.3, -0.25) is 4.79 Å². The zero-order valence-corrected chi connectivity index (χ0v) is 15.7. The standard InChI is InChI=1S/C20H22FN3O4/c1-27-16-4-3-5-17(28-2)19(16)23-20(26)22-11-13-10-18(25)24(12-13)15-8-6-14(21)7-9-15/h3-9,13H,10-12H2,1-2H3,(H2,22,23,26). The molecule has 0 aromatic heterocycles. The Labute approximate surface area is 162 Å². The molecule has 3 amide bonds. The number of amides is 3. The van der Waals surface area contributed by atoms with Crippen molar-refractivity contribution in [1.82, 2.24) is 5.32 Å². The number of nitrogens with one attached hydrogen (secondary N) is 2. The Bertz CT molecular complexity index is 835. The first kappa shape index (κ1) is 19.5. The minimum atomic E-state index is -0.421. The van der Waals surface area contributed by atoms with E-state index in [2.05, 4.69) is 10.6 Å². The second kappa shape index (κ2) is 8.60. The van der Waals surface area contributed by atoms with Gasteiger partial charge in [0.25, 0.3) is 0 Å². The Morgan fingerprint density at radius 1 is 1.14 bits per heavy atom. The van der Waals surface area contributed by atoms with Gasteiger partial charge in [0.1, 0.15) is 23.0 Å². The molecule has 8 heteroatoms. The van der Waals surface area contributed by atoms with E-state index in [0.717, 1.165) is 0 Å². The lowest BCUT2D eigenvalue weighted by molar-refractivity contribution is -0.117. The van der Waals surface area contributed by atoms with Gasteiger partial charge in [-0.25, -0.2) is 9.18 Å². The second-order valence-electron chi connectivity index (χ2n) is 6.42. The van der Waals surface area contributed by atoms with Crippen LogP contribution in [0.25, 0.3) is 0 Å². The molecule has 1 atom stereocenters. The van der Waals surface area contributed by atoms with Crippen LogP contribution in [0.1, 0.15) is 6.42 Å². The van der Waals surface area contributed by atoms with Gasteiger partial charge < -0.3 is 25.0 Å². The molecule has 1 aliphatic rings. The summed E-state index contributed by atoms with van der Waals surface area (Å²) in [7, 11) is 3.01. The van der Waals surface area contributed by atoms with E-state index >= 15 is 0 Å². The zero-order chi connectivity index (χ0) is 20.1. The minimum absolute atomic E-state index is 0.0390. The third-order valence-electron chi connectivity index (χ3n) is 4.56. The number of para-hydroxylation sites is 1. The molecule has 2 N–H and O–H groups in total. The number of ether oxygens (including phenoxy) is 2. The van der Waals surface area contributed by atoms with Crippen molar-refractivity contribution in [3.8, 4) is 11.5 Å². The fraction of sp³-hybridized carbons (Fsp3) is 0.300. The molecule has 7 nitrogen and oxygen atoms in total. The number of carbonyl (C=O) groups excluding carboxylic acids is 2. The highest BCUT2D eigenvalue weighted by molar-refractivity contribution is 5.96. The number of anilines is 2. The van der Waals surface area contributed by atoms with Crippen LogP contribution in [0, 0.1) is 11.7 Å². The van der Waals surface area contributed by atoms with E-state index in [4.69, 9.17) is 9.47 Å². The predicted molar refractivity (Wildman–Crippen MR) is 103 cm³/mol. The normalized spacial score (nSPS) is 16.0. The van der Waals surface area contributed by atoms with E-state index < -0.39 is 6.03 Å². The van der Waals surface area contributed by atoms with Crippen LogP contribution in [-0.2, 0) is 4.79 Å². The number of hydrogen-bond acceptors (Lipinski definition) is 4. The Morgan fingerprint density at radius 2 is 1.79 bits per heavy atom. The second-order valence-corrected chi connectivity index (χ2v) is 6.42. The van der Waals surface area contributed by atoms with E-state index in [1.807, 2.05) is 0 Å². The quantitative estimate of drug-likeness (QED) is 0.799. The van der Waals surface area contributed by atoms with Crippen molar-refractivity contribution in [3.05, 3.63) is 48.3 Å². The number of hydrogen-bond donors (Lipinski definition) is 2. The maximum atomic E-state index is 13.1. The molecule has 2 aromatic rings. The molecular weight excluding hydrogens is 365 g/mol. The molecule has 1 fully saturated rings. The van der Waals surface area contributed by atoms with Gasteiger partial charge in [-0.1, -0.05) is 6.07 Å². The number of benzene rings is 2. The molecule has 28 heavy (non-hydrogen) atoms. The Balaban J connectivity index is 1.57. The molecule has 0 spiro atoms. The first-order chi connectivity index (χ1) is 13.5. The zero-order valence-electron chi connectivity index (χ0n) is 15.7. The smallest absolute Gasteiger partial charge is 0.319 e. The summed E-state index contributed by atoms with van der Waals surface area (Å²) in [6.07, 6.45) is 0.315. The Morgan fingerprint density at radius 3 is 2.39 bits per heavy atom. The van der Waals surface area contributed by atoms with Gasteiger partial charge in [0.05, 0.1) is 14.2 Å². The van der Waals surface area contributed by atoms with E-state index in [9.17, 15) is 14.0 Å². The van der Waals surface area contributed by atoms with Crippen molar-refractivity contribution in [2.24, 2.45) is 5.92 Å². The maximum Gasteiger partial charge on any atom is 0.319 e. The van der Waals surface area contributed by atoms with Gasteiger partial charge in [0.2, 0.25) is 5.91 Å². The third kappa shape index (κ3) is 4.33. The molecule has 0 radical (unpaired) electrons. The summed E-state index contributed by atoms with van der Waals surface area (Å²) in [4.78, 5) is 26.2. The molecule has 1 unspecified atom stereocenters. The van der Waals surface area contributed by atoms with Crippen LogP contribution in [0.15, 0.2) is 42.5 Å². The summed E-state index contributed by atoms with van der Waals surface area (Å²) in [6.45, 7) is 0.787. The number of urea groups is 1. The van der Waals surface area contributed by atoms with E-state index in [1.165, 1.54) is 26.4 Å². The van der Waals surface area contributed by atoms with Crippen molar-refractivity contribution in [2.45, 2.75) is 6.42 Å². The first-order valence-corrected chi connectivity index (χ1v) is 8.83. The lowest BCUT2D eigenvalue weighted by Crippen LogP contribution is -2.34. The molecule has 0 aliphatic carbocycles. The summed E-state index contributed by atoms with van der Waals surface area (Å²) in [5, 5.41) is 5.50. The average Bonchev–Trinajstić information content (AvgIpc) is 3.07. The van der Waals surface area contributed by atoms with Crippen LogP contribution in [0.4, 0.5) is 20.6 Å². The van der Waals surface area contributed by atoms with Crippen molar-refractivity contribution in [1.29, 1.82) is 0 Å². The van der Waals surface area contributed by atoms with Crippen molar-refractivity contribution in [2.75, 3.05) is 37.5 Å². The monoisotopic (exact) mass is 387 g/mol. The summed E-state index contributed by atoms with van der Waals surface area (Å²) in [5.74, 6) is 0.520. The van der Waals surface area contributed by atoms with Gasteiger partial charge >= 0.3 is 6.03 Å². The highest BCUT2D eigenvalue weighted by Crippen LogP contribution is 2.34. The van der Waals surface area contributed by atoms with Crippen LogP contribution in [0.5, 0.6) is 11.5 Å². The molecule has 2 aromatic carbocycles. The van der Waals surface area contributed by atoms with Crippen LogP contribution in [0.3, 0.4) is 0 Å². The Hall–Kier alpha value is -3.29. The number of halogens is 1. The van der Waals surface area contributed by atoms with Crippen LogP contribution in [-0.4, -0.2) is 39.2 Å². The summed E-state index contributed by atoms with van der Waals surface area (Å²) < 4.78 is 23.6. The average molecular weight is 387 g/mol. The number of methoxy groups -OCH3 is 2. The van der Waals surface area contributed by atoms with Gasteiger partial charge in [0, 0.05) is 31.1 Å². The summed E-state index contributed by atoms with van der Waals surface area (Å²) in [6, 6.07) is 10.6. The van der Waals surface area contributed by atoms with E-state index in [-0.39, 0.29) is 17.6 Å². The lowest BCUT2D eigenvalue weighted by atomic mass is 10.1. The first-order valence-electron chi connectivity index (χ1n) is 8.83. The predicted octanol–water partition coefficient (Wildman–Crippen LogP) is 3.02. The molecule has 148 valence electrons. The molecule has 1 saturated heterocycles. The fourth-order valence-electron chi connectivity index (χ4n) is 3.16. The van der Waals surface area contributed by atoms with Crippen molar-refractivity contribution < 1.29 is 23.5 Å². The van der Waals surface area contributed by atoms with Crippen molar-refractivity contribution >= 4 is 23.3 Å². The minimum Gasteiger partial charge on any atom is -0.494 e. The lowest BCUT2D eigenvalue weighted by Gasteiger charge is -2.17. The van der Waals surface area contributed by atoms with Gasteiger partial charge in [-0.2, -0.15) is 0 Å². The van der Waals surface area contributed by atoms with E-state index in [0.29, 0.717) is 42.4 Å². The SMILES string of the molecule is COc1cccc(OC)c1NC(=O)NCC1CC(=O)N(c2ccc(F)cc2)C1. The fourth-order valence-corrected chi connectivity index (χ4v) is 3.16. The summed E-state index contributed by atoms with van der Waals surface area (Å²) >= 11 is 0. The number of rotatable bonds is 6. The molecule has 1 aliphatic heterocycles. The van der Waals surface area contributed by atoms with E-state index in [1.54, 1.807) is 35.2 Å². The highest BCUT2D eigenvalue weighted by Gasteiger charge is 2.30. The molecule has 3 rings (SSSR count).